The Labute approximate surface area is 123 Å². The molecule has 0 atom stereocenters. The molecule has 21 heavy (non-hydrogen) atoms. The lowest BCUT2D eigenvalue weighted by Crippen LogP contribution is -2.34. The van der Waals surface area contributed by atoms with E-state index in [1.165, 1.54) is 5.69 Å². The van der Waals surface area contributed by atoms with Crippen molar-refractivity contribution < 1.29 is 9.90 Å². The molecule has 0 fully saturated rings. The van der Waals surface area contributed by atoms with Gasteiger partial charge in [0.2, 0.25) is 0 Å². The summed E-state index contributed by atoms with van der Waals surface area (Å²) in [5, 5.41) is 8.67. The lowest BCUT2D eigenvalue weighted by molar-refractivity contribution is -0.131. The van der Waals surface area contributed by atoms with Crippen molar-refractivity contribution in [3.05, 3.63) is 53.6 Å². The number of hydrogen-bond donors (Lipinski definition) is 1. The van der Waals surface area contributed by atoms with E-state index in [1.54, 1.807) is 6.08 Å². The van der Waals surface area contributed by atoms with E-state index in [1.807, 2.05) is 24.5 Å². The Morgan fingerprint density at radius 3 is 3.00 bits per heavy atom. The molecule has 0 bridgehead atoms. The Bertz CT molecular complexity index is 703. The zero-order valence-corrected chi connectivity index (χ0v) is 11.9. The Morgan fingerprint density at radius 2 is 2.24 bits per heavy atom. The molecule has 2 heterocycles. The summed E-state index contributed by atoms with van der Waals surface area (Å²) >= 11 is 0. The fourth-order valence-electron chi connectivity index (χ4n) is 2.68. The molecule has 3 rings (SSSR count). The third kappa shape index (κ3) is 2.81. The first kappa shape index (κ1) is 13.4. The first-order valence-corrected chi connectivity index (χ1v) is 6.90. The van der Waals surface area contributed by atoms with Crippen molar-refractivity contribution in [3.63, 3.8) is 0 Å². The summed E-state index contributed by atoms with van der Waals surface area (Å²) < 4.78 is 2.18. The number of nitrogens with zero attached hydrogens (tertiary/aromatic N) is 3. The van der Waals surface area contributed by atoms with Crippen molar-refractivity contribution in [2.45, 2.75) is 20.0 Å². The summed E-state index contributed by atoms with van der Waals surface area (Å²) in [4.78, 5) is 17.2. The van der Waals surface area contributed by atoms with E-state index in [2.05, 4.69) is 27.4 Å². The predicted molar refractivity (Wildman–Crippen MR) is 81.1 cm³/mol. The summed E-state index contributed by atoms with van der Waals surface area (Å²) in [5.74, 6) is 0.148. The van der Waals surface area contributed by atoms with Crippen LogP contribution in [0.25, 0.3) is 6.08 Å². The van der Waals surface area contributed by atoms with Gasteiger partial charge in [0.05, 0.1) is 6.54 Å². The highest BCUT2D eigenvalue weighted by atomic mass is 16.4. The van der Waals surface area contributed by atoms with Crippen LogP contribution in [0.5, 0.6) is 0 Å². The number of carboxylic acids is 1. The van der Waals surface area contributed by atoms with Crippen LogP contribution in [0.4, 0.5) is 5.69 Å². The second kappa shape index (κ2) is 5.44. The van der Waals surface area contributed by atoms with Crippen LogP contribution >= 0.6 is 0 Å². The Morgan fingerprint density at radius 1 is 1.38 bits per heavy atom. The molecule has 0 saturated carbocycles. The van der Waals surface area contributed by atoms with Gasteiger partial charge >= 0.3 is 5.97 Å². The van der Waals surface area contributed by atoms with Gasteiger partial charge in [-0.15, -0.1) is 0 Å². The van der Waals surface area contributed by atoms with E-state index in [0.29, 0.717) is 0 Å². The van der Waals surface area contributed by atoms with Gasteiger partial charge in [0.15, 0.2) is 0 Å². The summed E-state index contributed by atoms with van der Waals surface area (Å²) in [5.41, 5.74) is 3.22. The summed E-state index contributed by atoms with van der Waals surface area (Å²) in [6.45, 7) is 4.75. The predicted octanol–water partition coefficient (Wildman–Crippen LogP) is 2.31. The van der Waals surface area contributed by atoms with Crippen LogP contribution in [0.2, 0.25) is 0 Å². The third-order valence-corrected chi connectivity index (χ3v) is 3.72. The molecule has 0 unspecified atom stereocenters. The second-order valence-corrected chi connectivity index (χ2v) is 5.18. The number of imidazole rings is 1. The average molecular weight is 283 g/mol. The number of carboxylic acid groups (broad SMARTS) is 1. The van der Waals surface area contributed by atoms with Crippen LogP contribution in [-0.4, -0.2) is 27.2 Å². The van der Waals surface area contributed by atoms with Gasteiger partial charge < -0.3 is 14.6 Å². The van der Waals surface area contributed by atoms with Crippen molar-refractivity contribution >= 4 is 17.7 Å². The fraction of sp³-hybridized carbons (Fsp3) is 0.250. The van der Waals surface area contributed by atoms with Gasteiger partial charge in [-0.2, -0.15) is 0 Å². The maximum absolute atomic E-state index is 10.6. The number of aliphatic carboxylic acids is 1. The number of hydrogen-bond acceptors (Lipinski definition) is 3. The SMILES string of the molecule is Cc1cc(C=CC(=O)O)ccc1N1CCn2ccnc2C1. The molecule has 1 aromatic carbocycles. The second-order valence-electron chi connectivity index (χ2n) is 5.18. The highest BCUT2D eigenvalue weighted by Crippen LogP contribution is 2.25. The van der Waals surface area contributed by atoms with Crippen molar-refractivity contribution in [1.29, 1.82) is 0 Å². The van der Waals surface area contributed by atoms with Gasteiger partial charge in [-0.05, 0) is 36.3 Å². The Hall–Kier alpha value is -2.56. The highest BCUT2D eigenvalue weighted by molar-refractivity contribution is 5.85. The Balaban J connectivity index is 1.82. The molecular weight excluding hydrogens is 266 g/mol. The molecule has 0 saturated heterocycles. The lowest BCUT2D eigenvalue weighted by Gasteiger charge is -2.30. The number of aryl methyl sites for hydroxylation is 1. The largest absolute Gasteiger partial charge is 0.478 e. The zero-order chi connectivity index (χ0) is 14.8. The van der Waals surface area contributed by atoms with Crippen molar-refractivity contribution in [2.75, 3.05) is 11.4 Å². The number of carbonyl (C=O) groups is 1. The van der Waals surface area contributed by atoms with E-state index in [0.717, 1.165) is 42.7 Å². The maximum atomic E-state index is 10.6. The monoisotopic (exact) mass is 283 g/mol. The quantitative estimate of drug-likeness (QED) is 0.878. The van der Waals surface area contributed by atoms with Crippen molar-refractivity contribution in [2.24, 2.45) is 0 Å². The van der Waals surface area contributed by atoms with Crippen LogP contribution in [0.1, 0.15) is 17.0 Å². The van der Waals surface area contributed by atoms with Gasteiger partial charge in [0.1, 0.15) is 5.82 Å². The topological polar surface area (TPSA) is 58.4 Å². The van der Waals surface area contributed by atoms with E-state index in [4.69, 9.17) is 5.11 Å². The molecule has 0 aliphatic carbocycles. The van der Waals surface area contributed by atoms with Crippen molar-refractivity contribution in [1.82, 2.24) is 9.55 Å². The summed E-state index contributed by atoms with van der Waals surface area (Å²) in [6, 6.07) is 6.01. The van der Waals surface area contributed by atoms with Crippen molar-refractivity contribution in [3.8, 4) is 0 Å². The van der Waals surface area contributed by atoms with E-state index in [-0.39, 0.29) is 0 Å². The van der Waals surface area contributed by atoms with Crippen LogP contribution < -0.4 is 4.90 Å². The Kier molecular flexibility index (Phi) is 3.48. The minimum Gasteiger partial charge on any atom is -0.478 e. The van der Waals surface area contributed by atoms with Gasteiger partial charge in [-0.25, -0.2) is 9.78 Å². The molecule has 0 radical (unpaired) electrons. The number of fused-ring (bicyclic) bond motifs is 1. The molecule has 1 N–H and O–H groups in total. The summed E-state index contributed by atoms with van der Waals surface area (Å²) in [6.07, 6.45) is 6.62. The minimum atomic E-state index is -0.931. The first-order valence-electron chi connectivity index (χ1n) is 6.90. The third-order valence-electron chi connectivity index (χ3n) is 3.72. The lowest BCUT2D eigenvalue weighted by atomic mass is 10.1. The molecule has 0 spiro atoms. The number of anilines is 1. The van der Waals surface area contributed by atoms with Crippen LogP contribution in [0.3, 0.4) is 0 Å². The molecule has 2 aromatic rings. The maximum Gasteiger partial charge on any atom is 0.328 e. The normalized spacial score (nSPS) is 14.4. The molecule has 5 nitrogen and oxygen atoms in total. The van der Waals surface area contributed by atoms with Gasteiger partial charge in [0.25, 0.3) is 0 Å². The zero-order valence-electron chi connectivity index (χ0n) is 11.9. The molecule has 1 aliphatic rings. The molecule has 1 aromatic heterocycles. The minimum absolute atomic E-state index is 0.804. The highest BCUT2D eigenvalue weighted by Gasteiger charge is 2.18. The van der Waals surface area contributed by atoms with Gasteiger partial charge in [0, 0.05) is 37.2 Å². The van der Waals surface area contributed by atoms with Gasteiger partial charge in [-0.1, -0.05) is 6.07 Å². The fourth-order valence-corrected chi connectivity index (χ4v) is 2.68. The first-order chi connectivity index (χ1) is 10.1. The van der Waals surface area contributed by atoms with Crippen LogP contribution in [0.15, 0.2) is 36.7 Å². The number of rotatable bonds is 3. The molecular formula is C16H17N3O2. The summed E-state index contributed by atoms with van der Waals surface area (Å²) in [7, 11) is 0. The average Bonchev–Trinajstić information content (AvgIpc) is 2.92. The smallest absolute Gasteiger partial charge is 0.328 e. The van der Waals surface area contributed by atoms with Crippen LogP contribution in [0, 0.1) is 6.92 Å². The van der Waals surface area contributed by atoms with E-state index in [9.17, 15) is 4.79 Å². The molecule has 108 valence electrons. The molecule has 0 amide bonds. The molecule has 5 heteroatoms. The van der Waals surface area contributed by atoms with E-state index >= 15 is 0 Å². The molecule has 1 aliphatic heterocycles. The van der Waals surface area contributed by atoms with Crippen LogP contribution in [-0.2, 0) is 17.9 Å². The number of aromatic nitrogens is 2. The van der Waals surface area contributed by atoms with E-state index < -0.39 is 5.97 Å². The van der Waals surface area contributed by atoms with Gasteiger partial charge in [-0.3, -0.25) is 0 Å². The standard InChI is InChI=1S/C16H17N3O2/c1-12-10-13(3-5-16(20)21)2-4-14(12)19-9-8-18-7-6-17-15(18)11-19/h2-7,10H,8-9,11H2,1H3,(H,20,21). The number of benzene rings is 1.